The first kappa shape index (κ1) is 14.2. The van der Waals surface area contributed by atoms with Crippen molar-refractivity contribution in [2.75, 3.05) is 0 Å². The van der Waals surface area contributed by atoms with Gasteiger partial charge in [-0.15, -0.1) is 0 Å². The maximum absolute atomic E-state index is 12.0. The van der Waals surface area contributed by atoms with Gasteiger partial charge in [0.2, 0.25) is 0 Å². The van der Waals surface area contributed by atoms with Crippen molar-refractivity contribution in [2.24, 2.45) is 5.92 Å². The summed E-state index contributed by atoms with van der Waals surface area (Å²) in [5.41, 5.74) is 2.24. The van der Waals surface area contributed by atoms with E-state index in [1.807, 2.05) is 25.1 Å². The molecule has 1 fully saturated rings. The zero-order valence-electron chi connectivity index (χ0n) is 12.2. The average Bonchev–Trinajstić information content (AvgIpc) is 2.77. The molecule has 1 saturated heterocycles. The third-order valence-electron chi connectivity index (χ3n) is 3.89. The number of rotatable bonds is 3. The summed E-state index contributed by atoms with van der Waals surface area (Å²) in [6.45, 7) is 4.02. The Morgan fingerprint density at radius 3 is 2.33 bits per heavy atom. The Bertz CT molecular complexity index is 621. The molecule has 1 aliphatic heterocycles. The molecule has 0 N–H and O–H groups in total. The molecule has 0 aliphatic carbocycles. The summed E-state index contributed by atoms with van der Waals surface area (Å²) in [4.78, 5) is 13.1. The molecule has 3 rings (SSSR count). The normalized spacial score (nSPS) is 24.9. The number of benzene rings is 2. The highest BCUT2D eigenvalue weighted by Gasteiger charge is 2.43. The minimum atomic E-state index is -0.155. The molecule has 0 bridgehead atoms. The van der Waals surface area contributed by atoms with E-state index >= 15 is 0 Å². The van der Waals surface area contributed by atoms with Gasteiger partial charge in [0.1, 0.15) is 0 Å². The zero-order valence-corrected chi connectivity index (χ0v) is 13.0. The van der Waals surface area contributed by atoms with Crippen LogP contribution in [0.3, 0.4) is 0 Å². The van der Waals surface area contributed by atoms with Crippen LogP contribution >= 0.6 is 11.8 Å². The van der Waals surface area contributed by atoms with Gasteiger partial charge >= 0.3 is 5.97 Å². The molecule has 3 atom stereocenters. The highest BCUT2D eigenvalue weighted by molar-refractivity contribution is 7.99. The Balaban J connectivity index is 1.85. The minimum Gasteiger partial charge on any atom is -0.450 e. The molecule has 108 valence electrons. The predicted molar refractivity (Wildman–Crippen MR) is 85.3 cm³/mol. The number of thioether (sulfide) groups is 1. The topological polar surface area (TPSA) is 26.3 Å². The fraction of sp³-hybridized carbons (Fsp3) is 0.278. The van der Waals surface area contributed by atoms with Crippen molar-refractivity contribution in [1.29, 1.82) is 0 Å². The molecule has 1 heterocycles. The van der Waals surface area contributed by atoms with Crippen LogP contribution in [0, 0.1) is 12.8 Å². The van der Waals surface area contributed by atoms with E-state index in [1.54, 1.807) is 11.8 Å². The van der Waals surface area contributed by atoms with E-state index in [1.165, 1.54) is 11.1 Å². The highest BCUT2D eigenvalue weighted by Crippen LogP contribution is 2.44. The number of carbonyl (C=O) groups is 1. The maximum Gasteiger partial charge on any atom is 0.310 e. The van der Waals surface area contributed by atoms with E-state index in [4.69, 9.17) is 4.74 Å². The lowest BCUT2D eigenvalue weighted by Crippen LogP contribution is -2.14. The summed E-state index contributed by atoms with van der Waals surface area (Å²) in [6, 6.07) is 18.5. The molecule has 1 aliphatic rings. The van der Waals surface area contributed by atoms with Gasteiger partial charge in [-0.3, -0.25) is 4.79 Å². The van der Waals surface area contributed by atoms with E-state index in [-0.39, 0.29) is 23.2 Å². The lowest BCUT2D eigenvalue weighted by Gasteiger charge is -2.19. The fourth-order valence-corrected chi connectivity index (χ4v) is 3.89. The summed E-state index contributed by atoms with van der Waals surface area (Å²) >= 11 is 1.63. The molecular weight excluding hydrogens is 280 g/mol. The van der Waals surface area contributed by atoms with Crippen LogP contribution in [0.1, 0.15) is 24.0 Å². The van der Waals surface area contributed by atoms with Crippen LogP contribution in [0.15, 0.2) is 59.5 Å². The molecule has 2 nitrogen and oxygen atoms in total. The van der Waals surface area contributed by atoms with Crippen LogP contribution in [-0.4, -0.2) is 11.4 Å². The van der Waals surface area contributed by atoms with Crippen molar-refractivity contribution in [3.8, 4) is 0 Å². The van der Waals surface area contributed by atoms with Gasteiger partial charge < -0.3 is 4.74 Å². The van der Waals surface area contributed by atoms with Crippen LogP contribution in [0.5, 0.6) is 0 Å². The second kappa shape index (κ2) is 5.94. The molecule has 3 heteroatoms. The van der Waals surface area contributed by atoms with Gasteiger partial charge in [0.15, 0.2) is 5.44 Å². The van der Waals surface area contributed by atoms with Crippen molar-refractivity contribution < 1.29 is 9.53 Å². The van der Waals surface area contributed by atoms with E-state index in [0.717, 1.165) is 4.90 Å². The Labute approximate surface area is 129 Å². The SMILES string of the molecule is Cc1ccc(SC2OC(=O)[C@H](C)[C@@H]2c2ccccc2)cc1. The average molecular weight is 298 g/mol. The fourth-order valence-electron chi connectivity index (χ4n) is 2.65. The second-order valence-electron chi connectivity index (χ2n) is 5.46. The summed E-state index contributed by atoms with van der Waals surface area (Å²) in [7, 11) is 0. The molecule has 0 saturated carbocycles. The zero-order chi connectivity index (χ0) is 14.8. The summed E-state index contributed by atoms with van der Waals surface area (Å²) in [5.74, 6) is -0.103. The van der Waals surface area contributed by atoms with Gasteiger partial charge in [-0.1, -0.05) is 66.7 Å². The minimum absolute atomic E-state index is 0.102. The number of aryl methyl sites for hydroxylation is 1. The lowest BCUT2D eigenvalue weighted by molar-refractivity contribution is -0.141. The predicted octanol–water partition coefficient (Wildman–Crippen LogP) is 4.39. The molecule has 0 aromatic heterocycles. The Morgan fingerprint density at radius 2 is 1.67 bits per heavy atom. The highest BCUT2D eigenvalue weighted by atomic mass is 32.2. The Hall–Kier alpha value is -1.74. The molecule has 0 radical (unpaired) electrons. The first-order valence-corrected chi connectivity index (χ1v) is 8.02. The summed E-state index contributed by atoms with van der Waals surface area (Å²) in [5, 5.41) is 0. The Kier molecular flexibility index (Phi) is 4.02. The van der Waals surface area contributed by atoms with Gasteiger partial charge in [0.05, 0.1) is 5.92 Å². The van der Waals surface area contributed by atoms with Crippen LogP contribution in [-0.2, 0) is 9.53 Å². The van der Waals surface area contributed by atoms with Crippen molar-refractivity contribution in [3.05, 3.63) is 65.7 Å². The number of ether oxygens (including phenoxy) is 1. The largest absolute Gasteiger partial charge is 0.450 e. The van der Waals surface area contributed by atoms with Crippen molar-refractivity contribution in [2.45, 2.75) is 30.1 Å². The monoisotopic (exact) mass is 298 g/mol. The number of hydrogen-bond acceptors (Lipinski definition) is 3. The van der Waals surface area contributed by atoms with Crippen molar-refractivity contribution >= 4 is 17.7 Å². The quantitative estimate of drug-likeness (QED) is 0.786. The van der Waals surface area contributed by atoms with Crippen LogP contribution in [0.4, 0.5) is 0 Å². The van der Waals surface area contributed by atoms with Crippen LogP contribution in [0.25, 0.3) is 0 Å². The smallest absolute Gasteiger partial charge is 0.310 e. The first-order valence-electron chi connectivity index (χ1n) is 7.14. The second-order valence-corrected chi connectivity index (χ2v) is 6.63. The van der Waals surface area contributed by atoms with E-state index in [0.29, 0.717) is 0 Å². The van der Waals surface area contributed by atoms with E-state index in [2.05, 4.69) is 43.3 Å². The Morgan fingerprint density at radius 1 is 1.00 bits per heavy atom. The van der Waals surface area contributed by atoms with Crippen molar-refractivity contribution in [1.82, 2.24) is 0 Å². The summed E-state index contributed by atoms with van der Waals surface area (Å²) < 4.78 is 5.60. The van der Waals surface area contributed by atoms with Crippen molar-refractivity contribution in [3.63, 3.8) is 0 Å². The third-order valence-corrected chi connectivity index (χ3v) is 5.06. The standard InChI is InChI=1S/C18H18O2S/c1-12-8-10-15(11-9-12)21-18-16(13(2)17(19)20-18)14-6-4-3-5-7-14/h3-11,13,16,18H,1-2H3/t13-,16-,18?/m1/s1. The third kappa shape index (κ3) is 2.98. The number of carbonyl (C=O) groups excluding carboxylic acids is 1. The van der Waals surface area contributed by atoms with Gasteiger partial charge in [-0.2, -0.15) is 0 Å². The van der Waals surface area contributed by atoms with Gasteiger partial charge in [0, 0.05) is 10.8 Å². The maximum atomic E-state index is 12.0. The van der Waals surface area contributed by atoms with Crippen LogP contribution in [0.2, 0.25) is 0 Å². The molecule has 21 heavy (non-hydrogen) atoms. The lowest BCUT2D eigenvalue weighted by atomic mass is 9.90. The molecule has 0 spiro atoms. The molecule has 2 aromatic carbocycles. The van der Waals surface area contributed by atoms with Crippen LogP contribution < -0.4 is 0 Å². The number of cyclic esters (lactones) is 1. The molecular formula is C18H18O2S. The first-order chi connectivity index (χ1) is 10.1. The van der Waals surface area contributed by atoms with Gasteiger partial charge in [-0.05, 0) is 24.6 Å². The van der Waals surface area contributed by atoms with Gasteiger partial charge in [0.25, 0.3) is 0 Å². The number of hydrogen-bond donors (Lipinski definition) is 0. The van der Waals surface area contributed by atoms with E-state index < -0.39 is 0 Å². The van der Waals surface area contributed by atoms with E-state index in [9.17, 15) is 4.79 Å². The summed E-state index contributed by atoms with van der Waals surface area (Å²) in [6.07, 6.45) is 0. The molecule has 1 unspecified atom stereocenters. The number of esters is 1. The molecule has 2 aromatic rings. The van der Waals surface area contributed by atoms with Gasteiger partial charge in [-0.25, -0.2) is 0 Å². The molecule has 0 amide bonds.